The number of carbonyl (C=O) groups is 2. The lowest BCUT2D eigenvalue weighted by molar-refractivity contribution is 0.0221. The number of hydrogen-bond acceptors (Lipinski definition) is 6. The second-order valence-electron chi connectivity index (χ2n) is 8.35. The molecule has 0 radical (unpaired) electrons. The summed E-state index contributed by atoms with van der Waals surface area (Å²) in [7, 11) is 1.35. The highest BCUT2D eigenvalue weighted by atomic mass is 16.6. The lowest BCUT2D eigenvalue weighted by atomic mass is 10.1. The molecular formula is C19H25N3O4. The molecule has 5 rings (SSSR count). The molecule has 1 amide bonds. The van der Waals surface area contributed by atoms with Crippen molar-refractivity contribution in [2.45, 2.75) is 38.5 Å². The van der Waals surface area contributed by atoms with Crippen LogP contribution in [-0.2, 0) is 9.47 Å². The maximum atomic E-state index is 12.6. The van der Waals surface area contributed by atoms with E-state index in [9.17, 15) is 9.59 Å². The van der Waals surface area contributed by atoms with E-state index in [2.05, 4.69) is 5.32 Å². The van der Waals surface area contributed by atoms with Crippen LogP contribution in [0.1, 0.15) is 31.1 Å². The molecule has 2 saturated heterocycles. The predicted octanol–water partition coefficient (Wildman–Crippen LogP) is 2.33. The molecule has 2 bridgehead atoms. The number of esters is 1. The highest BCUT2D eigenvalue weighted by molar-refractivity contribution is 5.92. The zero-order chi connectivity index (χ0) is 18.8. The molecule has 7 heteroatoms. The van der Waals surface area contributed by atoms with Crippen molar-refractivity contribution in [1.29, 1.82) is 0 Å². The summed E-state index contributed by atoms with van der Waals surface area (Å²) in [5.74, 6) is 1.45. The van der Waals surface area contributed by atoms with Gasteiger partial charge < -0.3 is 20.5 Å². The highest BCUT2D eigenvalue weighted by Crippen LogP contribution is 2.78. The maximum absolute atomic E-state index is 12.6. The van der Waals surface area contributed by atoms with Gasteiger partial charge in [0.25, 0.3) is 0 Å². The first-order chi connectivity index (χ1) is 12.2. The number of piperidine rings is 1. The van der Waals surface area contributed by atoms with Crippen LogP contribution in [0, 0.1) is 17.8 Å². The average Bonchev–Trinajstić information content (AvgIpc) is 3.40. The van der Waals surface area contributed by atoms with E-state index in [0.717, 1.165) is 0 Å². The third-order valence-corrected chi connectivity index (χ3v) is 5.54. The standard InChI is InChI=1S/C19H25N3O4/c1-19(2,3)26-18(24)22-12(13-14-15(13)16(14)22)8-21-11-7-9(17(23)25-4)5-6-10(11)20/h5-7,12-16,21H,8,20H2,1-4H3/t12-,13?,14-,15?,16-/m0/s1. The first-order valence-electron chi connectivity index (χ1n) is 8.96. The summed E-state index contributed by atoms with van der Waals surface area (Å²) in [6, 6.07) is 5.45. The molecule has 0 spiro atoms. The molecule has 1 aromatic carbocycles. The molecule has 2 saturated carbocycles. The molecule has 140 valence electrons. The summed E-state index contributed by atoms with van der Waals surface area (Å²) in [6.45, 7) is 6.22. The van der Waals surface area contributed by atoms with Crippen molar-refractivity contribution in [3.05, 3.63) is 23.8 Å². The van der Waals surface area contributed by atoms with Gasteiger partial charge in [-0.1, -0.05) is 0 Å². The van der Waals surface area contributed by atoms with Crippen LogP contribution in [-0.4, -0.2) is 48.3 Å². The molecule has 2 heterocycles. The van der Waals surface area contributed by atoms with Gasteiger partial charge in [0, 0.05) is 12.6 Å². The van der Waals surface area contributed by atoms with Crippen molar-refractivity contribution in [2.75, 3.05) is 24.7 Å². The fraction of sp³-hybridized carbons (Fsp3) is 0.579. The zero-order valence-electron chi connectivity index (χ0n) is 15.5. The monoisotopic (exact) mass is 359 g/mol. The van der Waals surface area contributed by atoms with Crippen LogP contribution < -0.4 is 11.1 Å². The van der Waals surface area contributed by atoms with Gasteiger partial charge in [0.1, 0.15) is 5.60 Å². The van der Waals surface area contributed by atoms with E-state index in [-0.39, 0.29) is 12.1 Å². The molecule has 0 aromatic heterocycles. The van der Waals surface area contributed by atoms with E-state index >= 15 is 0 Å². The minimum Gasteiger partial charge on any atom is -0.465 e. The Bertz CT molecular complexity index is 763. The second kappa shape index (κ2) is 5.53. The Kier molecular flexibility index (Phi) is 3.61. The number of nitrogen functional groups attached to an aromatic ring is 1. The predicted molar refractivity (Wildman–Crippen MR) is 96.8 cm³/mol. The second-order valence-corrected chi connectivity index (χ2v) is 8.35. The van der Waals surface area contributed by atoms with Crippen molar-refractivity contribution in [2.24, 2.45) is 17.8 Å². The number of carbonyl (C=O) groups excluding carboxylic acids is 2. The first kappa shape index (κ1) is 17.0. The molecule has 1 aromatic rings. The molecule has 2 aliphatic heterocycles. The van der Waals surface area contributed by atoms with Gasteiger partial charge in [-0.3, -0.25) is 4.90 Å². The Morgan fingerprint density at radius 2 is 1.92 bits per heavy atom. The van der Waals surface area contributed by atoms with Gasteiger partial charge >= 0.3 is 12.1 Å². The number of benzene rings is 1. The van der Waals surface area contributed by atoms with Crippen molar-refractivity contribution in [3.63, 3.8) is 0 Å². The van der Waals surface area contributed by atoms with Crippen LogP contribution in [0.3, 0.4) is 0 Å². The third kappa shape index (κ3) is 2.66. The number of methoxy groups -OCH3 is 1. The lowest BCUT2D eigenvalue weighted by Gasteiger charge is -2.28. The third-order valence-electron chi connectivity index (χ3n) is 5.54. The van der Waals surface area contributed by atoms with E-state index in [1.807, 2.05) is 25.7 Å². The fourth-order valence-electron chi connectivity index (χ4n) is 4.30. The Balaban J connectivity index is 1.45. The molecule has 3 N–H and O–H groups in total. The Morgan fingerprint density at radius 3 is 2.54 bits per heavy atom. The molecule has 2 unspecified atom stereocenters. The van der Waals surface area contributed by atoms with Gasteiger partial charge in [-0.05, 0) is 56.7 Å². The number of hydrogen-bond donors (Lipinski definition) is 2. The summed E-state index contributed by atoms with van der Waals surface area (Å²) in [6.07, 6.45) is -0.238. The number of amides is 1. The number of rotatable bonds is 4. The Hall–Kier alpha value is -2.44. The molecular weight excluding hydrogens is 334 g/mol. The summed E-state index contributed by atoms with van der Waals surface area (Å²) in [5, 5.41) is 3.31. The summed E-state index contributed by atoms with van der Waals surface area (Å²) < 4.78 is 10.3. The minimum atomic E-state index is -0.503. The lowest BCUT2D eigenvalue weighted by Crippen LogP contribution is -2.43. The molecule has 5 atom stereocenters. The SMILES string of the molecule is COC(=O)c1ccc(N)c(NC[C@H]2C3C4[C@H]3[C@@H]4N2C(=O)OC(C)(C)C)c1. The largest absolute Gasteiger partial charge is 0.465 e. The van der Waals surface area contributed by atoms with Crippen LogP contribution in [0.4, 0.5) is 16.2 Å². The smallest absolute Gasteiger partial charge is 0.410 e. The number of nitrogens with two attached hydrogens (primary N) is 1. The van der Waals surface area contributed by atoms with Gasteiger partial charge in [-0.15, -0.1) is 0 Å². The average molecular weight is 359 g/mol. The first-order valence-corrected chi connectivity index (χ1v) is 8.96. The molecule has 4 aliphatic rings. The van der Waals surface area contributed by atoms with E-state index in [1.54, 1.807) is 18.2 Å². The van der Waals surface area contributed by atoms with E-state index in [1.165, 1.54) is 7.11 Å². The van der Waals surface area contributed by atoms with E-state index in [4.69, 9.17) is 15.2 Å². The topological polar surface area (TPSA) is 93.9 Å². The van der Waals surface area contributed by atoms with Crippen LogP contribution in [0.5, 0.6) is 0 Å². The molecule has 4 fully saturated rings. The normalized spacial score (nSPS) is 30.5. The van der Waals surface area contributed by atoms with Gasteiger partial charge in [-0.25, -0.2) is 9.59 Å². The van der Waals surface area contributed by atoms with Gasteiger partial charge in [0.2, 0.25) is 0 Å². The van der Waals surface area contributed by atoms with Crippen molar-refractivity contribution < 1.29 is 19.1 Å². The molecule has 26 heavy (non-hydrogen) atoms. The van der Waals surface area contributed by atoms with E-state index in [0.29, 0.717) is 47.3 Å². The number of ether oxygens (including phenoxy) is 2. The number of nitrogens with one attached hydrogen (secondary N) is 1. The van der Waals surface area contributed by atoms with Crippen molar-refractivity contribution >= 4 is 23.4 Å². The Labute approximate surface area is 152 Å². The van der Waals surface area contributed by atoms with Crippen LogP contribution in [0.15, 0.2) is 18.2 Å². The summed E-state index contributed by atoms with van der Waals surface area (Å²) in [4.78, 5) is 26.2. The van der Waals surface area contributed by atoms with Gasteiger partial charge in [0.05, 0.1) is 30.1 Å². The number of nitrogens with zero attached hydrogens (tertiary/aromatic N) is 1. The summed E-state index contributed by atoms with van der Waals surface area (Å²) in [5.41, 5.74) is 7.19. The maximum Gasteiger partial charge on any atom is 0.410 e. The van der Waals surface area contributed by atoms with E-state index < -0.39 is 11.6 Å². The zero-order valence-corrected chi connectivity index (χ0v) is 15.5. The minimum absolute atomic E-state index is 0.103. The molecule has 7 nitrogen and oxygen atoms in total. The number of anilines is 2. The fourth-order valence-corrected chi connectivity index (χ4v) is 4.30. The number of fused-ring (bicyclic) bond motifs is 1. The molecule has 2 aliphatic carbocycles. The van der Waals surface area contributed by atoms with Gasteiger partial charge in [-0.2, -0.15) is 0 Å². The Morgan fingerprint density at radius 1 is 1.23 bits per heavy atom. The van der Waals surface area contributed by atoms with Crippen LogP contribution in [0.25, 0.3) is 0 Å². The quantitative estimate of drug-likeness (QED) is 0.633. The van der Waals surface area contributed by atoms with Crippen molar-refractivity contribution in [3.8, 4) is 0 Å². The van der Waals surface area contributed by atoms with Crippen LogP contribution in [0.2, 0.25) is 0 Å². The highest BCUT2D eigenvalue weighted by Gasteiger charge is 2.85. The van der Waals surface area contributed by atoms with Crippen molar-refractivity contribution in [1.82, 2.24) is 4.90 Å². The van der Waals surface area contributed by atoms with Crippen LogP contribution >= 0.6 is 0 Å². The van der Waals surface area contributed by atoms with Gasteiger partial charge in [0.15, 0.2) is 0 Å². The summed E-state index contributed by atoms with van der Waals surface area (Å²) >= 11 is 0.